The van der Waals surface area contributed by atoms with Gasteiger partial charge in [-0.2, -0.15) is 0 Å². The summed E-state index contributed by atoms with van der Waals surface area (Å²) in [6.07, 6.45) is 3.90. The third-order valence-corrected chi connectivity index (χ3v) is 6.23. The van der Waals surface area contributed by atoms with E-state index in [1.807, 2.05) is 30.5 Å². The number of thiophene rings is 1. The maximum Gasteiger partial charge on any atom is 0.271 e. The molecule has 5 rings (SSSR count). The molecule has 2 atom stereocenters. The number of hydrogen-bond donors (Lipinski definition) is 0. The van der Waals surface area contributed by atoms with Crippen molar-refractivity contribution in [2.45, 2.75) is 25.2 Å². The number of fused-ring (bicyclic) bond motifs is 3. The number of amides is 1. The lowest BCUT2D eigenvalue weighted by Crippen LogP contribution is -2.49. The van der Waals surface area contributed by atoms with Crippen LogP contribution >= 0.6 is 11.3 Å². The molecule has 0 aliphatic carbocycles. The summed E-state index contributed by atoms with van der Waals surface area (Å²) in [5.74, 6) is 0.143. The van der Waals surface area contributed by atoms with Gasteiger partial charge in [-0.25, -0.2) is 0 Å². The molecule has 1 saturated heterocycles. The second-order valence-electron chi connectivity index (χ2n) is 6.96. The maximum atomic E-state index is 13.1. The predicted molar refractivity (Wildman–Crippen MR) is 101 cm³/mol. The van der Waals surface area contributed by atoms with Crippen molar-refractivity contribution in [1.29, 1.82) is 0 Å². The van der Waals surface area contributed by atoms with Gasteiger partial charge < -0.3 is 9.47 Å². The average molecular weight is 364 g/mol. The van der Waals surface area contributed by atoms with Gasteiger partial charge in [0.25, 0.3) is 5.91 Å². The zero-order chi connectivity index (χ0) is 17.5. The number of rotatable bonds is 4. The number of likely N-dealkylation sites (tertiary alicyclic amines) is 1. The average Bonchev–Trinajstić information content (AvgIpc) is 3.39. The molecule has 1 fully saturated rings. The largest absolute Gasteiger partial charge is 0.337 e. The Morgan fingerprint density at radius 3 is 2.77 bits per heavy atom. The van der Waals surface area contributed by atoms with Crippen LogP contribution in [0.3, 0.4) is 0 Å². The van der Waals surface area contributed by atoms with Gasteiger partial charge >= 0.3 is 0 Å². The van der Waals surface area contributed by atoms with Crippen LogP contribution in [-0.2, 0) is 13.1 Å². The van der Waals surface area contributed by atoms with E-state index in [0.29, 0.717) is 12.6 Å². The Morgan fingerprint density at radius 1 is 1.04 bits per heavy atom. The van der Waals surface area contributed by atoms with E-state index in [1.54, 1.807) is 11.3 Å². The van der Waals surface area contributed by atoms with E-state index >= 15 is 0 Å². The van der Waals surface area contributed by atoms with Crippen LogP contribution < -0.4 is 0 Å². The zero-order valence-electron chi connectivity index (χ0n) is 14.4. The molecule has 3 aromatic rings. The first-order valence-corrected chi connectivity index (χ1v) is 9.80. The topological polar surface area (TPSA) is 41.4 Å². The summed E-state index contributed by atoms with van der Waals surface area (Å²) in [6.45, 7) is 3.35. The van der Waals surface area contributed by atoms with Crippen LogP contribution in [0.2, 0.25) is 0 Å². The van der Waals surface area contributed by atoms with Crippen molar-refractivity contribution in [2.75, 3.05) is 13.1 Å². The van der Waals surface area contributed by atoms with Gasteiger partial charge in [-0.1, -0.05) is 12.1 Å². The lowest BCUT2D eigenvalue weighted by atomic mass is 10.1. The highest BCUT2D eigenvalue weighted by Gasteiger charge is 2.44. The van der Waals surface area contributed by atoms with Gasteiger partial charge in [0.15, 0.2) is 0 Å². The molecule has 6 heteroatoms. The molecule has 1 amide bonds. The van der Waals surface area contributed by atoms with Crippen molar-refractivity contribution >= 4 is 17.2 Å². The smallest absolute Gasteiger partial charge is 0.271 e. The number of carbonyl (C=O) groups is 1. The first-order valence-electron chi connectivity index (χ1n) is 8.92. The minimum atomic E-state index is 0.143. The second-order valence-corrected chi connectivity index (χ2v) is 8.00. The molecule has 0 spiro atoms. The van der Waals surface area contributed by atoms with Crippen molar-refractivity contribution in [3.63, 3.8) is 0 Å². The second kappa shape index (κ2) is 6.37. The van der Waals surface area contributed by atoms with E-state index < -0.39 is 0 Å². The normalized spacial score (nSPS) is 22.5. The van der Waals surface area contributed by atoms with Crippen LogP contribution in [0, 0.1) is 0 Å². The molecule has 2 aliphatic heterocycles. The van der Waals surface area contributed by atoms with Crippen molar-refractivity contribution in [3.8, 4) is 0 Å². The Labute approximate surface area is 156 Å². The van der Waals surface area contributed by atoms with E-state index in [-0.39, 0.29) is 11.9 Å². The van der Waals surface area contributed by atoms with Gasteiger partial charge in [0.05, 0.1) is 24.3 Å². The highest BCUT2D eigenvalue weighted by atomic mass is 32.1. The zero-order valence-corrected chi connectivity index (χ0v) is 15.2. The van der Waals surface area contributed by atoms with Crippen LogP contribution in [-0.4, -0.2) is 44.4 Å². The highest BCUT2D eigenvalue weighted by molar-refractivity contribution is 7.09. The monoisotopic (exact) mass is 364 g/mol. The van der Waals surface area contributed by atoms with Gasteiger partial charge in [0.1, 0.15) is 5.69 Å². The van der Waals surface area contributed by atoms with Gasteiger partial charge in [0.2, 0.25) is 0 Å². The fourth-order valence-corrected chi connectivity index (χ4v) is 4.90. The quantitative estimate of drug-likeness (QED) is 0.715. The molecule has 5 nitrogen and oxygen atoms in total. The summed E-state index contributed by atoms with van der Waals surface area (Å²) < 4.78 is 2.18. The van der Waals surface area contributed by atoms with E-state index in [2.05, 4.69) is 49.1 Å². The van der Waals surface area contributed by atoms with Crippen molar-refractivity contribution in [1.82, 2.24) is 19.4 Å². The lowest BCUT2D eigenvalue weighted by Gasteiger charge is -2.38. The molecule has 3 aromatic heterocycles. The van der Waals surface area contributed by atoms with Crippen molar-refractivity contribution in [2.24, 2.45) is 0 Å². The standard InChI is InChI=1S/C20H20N4OS/c25-20-17-7-3-9-23(17)18-13-22(11-15-5-1-2-8-21-15)14-19(18)24(20)12-16-6-4-10-26-16/h1-10,18-19H,11-14H2/t18-,19+/m0/s1. The van der Waals surface area contributed by atoms with Crippen molar-refractivity contribution in [3.05, 3.63) is 76.5 Å². The highest BCUT2D eigenvalue weighted by Crippen LogP contribution is 2.35. The minimum Gasteiger partial charge on any atom is -0.337 e. The third kappa shape index (κ3) is 2.66. The fourth-order valence-electron chi connectivity index (χ4n) is 4.20. The van der Waals surface area contributed by atoms with Crippen molar-refractivity contribution < 1.29 is 4.79 Å². The van der Waals surface area contributed by atoms with Crippen LogP contribution in [0.15, 0.2) is 60.2 Å². The molecular formula is C20H20N4OS. The maximum absolute atomic E-state index is 13.1. The molecule has 0 unspecified atom stereocenters. The van der Waals surface area contributed by atoms with E-state index in [9.17, 15) is 4.79 Å². The van der Waals surface area contributed by atoms with Gasteiger partial charge in [-0.15, -0.1) is 11.3 Å². The van der Waals surface area contributed by atoms with E-state index in [0.717, 1.165) is 31.0 Å². The van der Waals surface area contributed by atoms with Gasteiger partial charge in [0, 0.05) is 36.9 Å². The van der Waals surface area contributed by atoms with Gasteiger partial charge in [-0.3, -0.25) is 14.7 Å². The molecule has 0 radical (unpaired) electrons. The SMILES string of the molecule is O=C1c2cccn2[C@H]2CN(Cc3ccccn3)C[C@H]2N1Cc1cccs1. The van der Waals surface area contributed by atoms with E-state index in [1.165, 1.54) is 4.88 Å². The summed E-state index contributed by atoms with van der Waals surface area (Å²) in [4.78, 5) is 23.3. The number of carbonyl (C=O) groups excluding carboxylic acids is 1. The number of aromatic nitrogens is 2. The van der Waals surface area contributed by atoms with Gasteiger partial charge in [-0.05, 0) is 35.7 Å². The first kappa shape index (κ1) is 15.8. The minimum absolute atomic E-state index is 0.143. The Bertz CT molecular complexity index is 905. The molecule has 5 heterocycles. The summed E-state index contributed by atoms with van der Waals surface area (Å²) in [6, 6.07) is 14.6. The Balaban J connectivity index is 1.44. The Kier molecular flexibility index (Phi) is 3.87. The Morgan fingerprint density at radius 2 is 1.96 bits per heavy atom. The van der Waals surface area contributed by atoms with Crippen LogP contribution in [0.25, 0.3) is 0 Å². The van der Waals surface area contributed by atoms with Crippen LogP contribution in [0.4, 0.5) is 0 Å². The molecule has 26 heavy (non-hydrogen) atoms. The number of hydrogen-bond acceptors (Lipinski definition) is 4. The molecular weight excluding hydrogens is 344 g/mol. The molecule has 2 aliphatic rings. The van der Waals surface area contributed by atoms with Crippen LogP contribution in [0.1, 0.15) is 27.1 Å². The molecule has 0 aromatic carbocycles. The molecule has 0 saturated carbocycles. The fraction of sp³-hybridized carbons (Fsp3) is 0.300. The first-order chi connectivity index (χ1) is 12.8. The third-order valence-electron chi connectivity index (χ3n) is 5.37. The molecule has 0 bridgehead atoms. The van der Waals surface area contributed by atoms with E-state index in [4.69, 9.17) is 0 Å². The predicted octanol–water partition coefficient (Wildman–Crippen LogP) is 3.03. The molecule has 132 valence electrons. The summed E-state index contributed by atoms with van der Waals surface area (Å²) in [5, 5.41) is 2.08. The number of pyridine rings is 1. The number of nitrogens with zero attached hydrogens (tertiary/aromatic N) is 4. The van der Waals surface area contributed by atoms with Crippen LogP contribution in [0.5, 0.6) is 0 Å². The summed E-state index contributed by atoms with van der Waals surface area (Å²) in [5.41, 5.74) is 1.89. The lowest BCUT2D eigenvalue weighted by molar-refractivity contribution is 0.0559. The Hall–Kier alpha value is -2.44. The summed E-state index contributed by atoms with van der Waals surface area (Å²) in [7, 11) is 0. The molecule has 0 N–H and O–H groups in total. The summed E-state index contributed by atoms with van der Waals surface area (Å²) >= 11 is 1.72.